The third-order valence-electron chi connectivity index (χ3n) is 4.76. The van der Waals surface area contributed by atoms with Gasteiger partial charge in [-0.15, -0.1) is 0 Å². The van der Waals surface area contributed by atoms with E-state index in [0.717, 1.165) is 12.1 Å². The van der Waals surface area contributed by atoms with E-state index < -0.39 is 26.6 Å². The molecule has 0 bridgehead atoms. The number of nitrogens with one attached hydrogen (secondary N) is 2. The third-order valence-corrected chi connectivity index (χ3v) is 6.40. The number of benzene rings is 3. The zero-order chi connectivity index (χ0) is 23.8. The van der Waals surface area contributed by atoms with Crippen LogP contribution in [-0.4, -0.2) is 23.9 Å². The van der Waals surface area contributed by atoms with Gasteiger partial charge in [-0.3, -0.25) is 14.3 Å². The van der Waals surface area contributed by atoms with Crippen LogP contribution in [0.3, 0.4) is 0 Å². The molecule has 0 unspecified atom stereocenters. The highest BCUT2D eigenvalue weighted by Crippen LogP contribution is 2.24. The van der Waals surface area contributed by atoms with Gasteiger partial charge in [-0.1, -0.05) is 11.6 Å². The van der Waals surface area contributed by atoms with E-state index in [4.69, 9.17) is 11.6 Å². The first-order valence-corrected chi connectivity index (χ1v) is 11.3. The molecule has 0 atom stereocenters. The Balaban J connectivity index is 1.60. The fourth-order valence-electron chi connectivity index (χ4n) is 3.07. The van der Waals surface area contributed by atoms with Gasteiger partial charge in [-0.25, -0.2) is 17.8 Å². The summed E-state index contributed by atoms with van der Waals surface area (Å²) in [5, 5.41) is 3.30. The number of hydrogen-bond acceptors (Lipinski definition) is 5. The first-order valence-electron chi connectivity index (χ1n) is 9.49. The standard InChI is InChI=1S/C22H16ClFN4O4S/c1-28-12-25-19-10-13(2-8-17(19)22(28)30)21(29)26-16-7-9-18(24)20(11-16)33(31,32)27-15-5-3-14(23)4-6-15/h2-12,27H,1H3,(H,26,29). The van der Waals surface area contributed by atoms with E-state index in [2.05, 4.69) is 15.0 Å². The summed E-state index contributed by atoms with van der Waals surface area (Å²) in [6, 6.07) is 13.4. The molecule has 0 radical (unpaired) electrons. The minimum absolute atomic E-state index is 0.0647. The van der Waals surface area contributed by atoms with Crippen molar-refractivity contribution in [2.24, 2.45) is 7.05 Å². The van der Waals surface area contributed by atoms with Crippen molar-refractivity contribution >= 4 is 49.8 Å². The smallest absolute Gasteiger partial charge is 0.264 e. The molecule has 33 heavy (non-hydrogen) atoms. The minimum atomic E-state index is -4.28. The summed E-state index contributed by atoms with van der Waals surface area (Å²) in [5.41, 5.74) is 0.531. The summed E-state index contributed by atoms with van der Waals surface area (Å²) in [6.45, 7) is 0. The second-order valence-electron chi connectivity index (χ2n) is 7.10. The molecule has 3 aromatic carbocycles. The highest BCUT2D eigenvalue weighted by molar-refractivity contribution is 7.92. The molecule has 1 aromatic heterocycles. The van der Waals surface area contributed by atoms with E-state index in [-0.39, 0.29) is 22.5 Å². The summed E-state index contributed by atoms with van der Waals surface area (Å²) in [4.78, 5) is 28.3. The lowest BCUT2D eigenvalue weighted by Gasteiger charge is -2.11. The first kappa shape index (κ1) is 22.4. The van der Waals surface area contributed by atoms with E-state index in [0.29, 0.717) is 15.9 Å². The van der Waals surface area contributed by atoms with Gasteiger partial charge in [0.2, 0.25) is 0 Å². The number of halogens is 2. The molecule has 0 spiro atoms. The van der Waals surface area contributed by atoms with Crippen LogP contribution in [0.2, 0.25) is 5.02 Å². The van der Waals surface area contributed by atoms with Crippen molar-refractivity contribution in [2.75, 3.05) is 10.0 Å². The Morgan fingerprint density at radius 3 is 2.45 bits per heavy atom. The molecule has 4 rings (SSSR count). The number of carbonyl (C=O) groups is 1. The Hall–Kier alpha value is -3.76. The Bertz CT molecular complexity index is 1550. The predicted molar refractivity (Wildman–Crippen MR) is 124 cm³/mol. The lowest BCUT2D eigenvalue weighted by Crippen LogP contribution is -2.18. The molecule has 11 heteroatoms. The zero-order valence-corrected chi connectivity index (χ0v) is 18.6. The Kier molecular flexibility index (Phi) is 5.88. The van der Waals surface area contributed by atoms with Crippen LogP contribution in [0.15, 0.2) is 76.7 Å². The fourth-order valence-corrected chi connectivity index (χ4v) is 4.36. The molecule has 4 aromatic rings. The van der Waals surface area contributed by atoms with Crippen molar-refractivity contribution in [2.45, 2.75) is 4.90 Å². The number of aryl methyl sites for hydroxylation is 1. The molecule has 0 aliphatic carbocycles. The maximum absolute atomic E-state index is 14.3. The third kappa shape index (κ3) is 4.71. The van der Waals surface area contributed by atoms with Crippen LogP contribution in [-0.2, 0) is 17.1 Å². The molecular formula is C22H16ClFN4O4S. The van der Waals surface area contributed by atoms with Gasteiger partial charge in [-0.2, -0.15) is 0 Å². The van der Waals surface area contributed by atoms with Crippen molar-refractivity contribution in [1.82, 2.24) is 9.55 Å². The van der Waals surface area contributed by atoms with Crippen molar-refractivity contribution in [3.63, 3.8) is 0 Å². The number of amides is 1. The van der Waals surface area contributed by atoms with Crippen LogP contribution >= 0.6 is 11.6 Å². The van der Waals surface area contributed by atoms with E-state index in [1.54, 1.807) is 7.05 Å². The number of rotatable bonds is 5. The topological polar surface area (TPSA) is 110 Å². The number of aromatic nitrogens is 2. The number of hydrogen-bond donors (Lipinski definition) is 2. The quantitative estimate of drug-likeness (QED) is 0.446. The maximum atomic E-state index is 14.3. The van der Waals surface area contributed by atoms with Crippen LogP contribution < -0.4 is 15.6 Å². The molecular weight excluding hydrogens is 471 g/mol. The highest BCUT2D eigenvalue weighted by atomic mass is 35.5. The lowest BCUT2D eigenvalue weighted by atomic mass is 10.1. The van der Waals surface area contributed by atoms with E-state index >= 15 is 0 Å². The lowest BCUT2D eigenvalue weighted by molar-refractivity contribution is 0.102. The van der Waals surface area contributed by atoms with Gasteiger partial charge in [0, 0.05) is 29.0 Å². The largest absolute Gasteiger partial charge is 0.322 e. The number of carbonyl (C=O) groups excluding carboxylic acids is 1. The van der Waals surface area contributed by atoms with Gasteiger partial charge < -0.3 is 9.88 Å². The summed E-state index contributed by atoms with van der Waals surface area (Å²) >= 11 is 5.79. The number of fused-ring (bicyclic) bond motifs is 1. The normalized spacial score (nSPS) is 11.4. The maximum Gasteiger partial charge on any atom is 0.264 e. The van der Waals surface area contributed by atoms with Crippen molar-refractivity contribution in [3.05, 3.63) is 93.7 Å². The Morgan fingerprint density at radius 2 is 1.73 bits per heavy atom. The number of nitrogens with zero attached hydrogens (tertiary/aromatic N) is 2. The van der Waals surface area contributed by atoms with Crippen molar-refractivity contribution in [3.8, 4) is 0 Å². The summed E-state index contributed by atoms with van der Waals surface area (Å²) in [6.07, 6.45) is 1.34. The van der Waals surface area contributed by atoms with Crippen molar-refractivity contribution in [1.29, 1.82) is 0 Å². The second kappa shape index (κ2) is 8.64. The molecule has 8 nitrogen and oxygen atoms in total. The van der Waals surface area contributed by atoms with Gasteiger partial charge in [0.15, 0.2) is 0 Å². The molecule has 1 amide bonds. The molecule has 2 N–H and O–H groups in total. The van der Waals surface area contributed by atoms with E-state index in [1.807, 2.05) is 0 Å². The molecule has 1 heterocycles. The number of anilines is 2. The van der Waals surface area contributed by atoms with Crippen LogP contribution in [0.1, 0.15) is 10.4 Å². The predicted octanol–water partition coefficient (Wildman–Crippen LogP) is 3.78. The average molecular weight is 487 g/mol. The first-order chi connectivity index (χ1) is 15.6. The summed E-state index contributed by atoms with van der Waals surface area (Å²) in [7, 11) is -2.72. The molecule has 0 saturated heterocycles. The molecule has 0 aliphatic heterocycles. The van der Waals surface area contributed by atoms with Crippen LogP contribution in [0.4, 0.5) is 15.8 Å². The molecule has 0 fully saturated rings. The van der Waals surface area contributed by atoms with Crippen LogP contribution in [0, 0.1) is 5.82 Å². The highest BCUT2D eigenvalue weighted by Gasteiger charge is 2.21. The summed E-state index contributed by atoms with van der Waals surface area (Å²) < 4.78 is 43.3. The molecule has 0 aliphatic rings. The van der Waals surface area contributed by atoms with Crippen LogP contribution in [0.25, 0.3) is 10.9 Å². The van der Waals surface area contributed by atoms with Gasteiger partial charge in [0.25, 0.3) is 21.5 Å². The second-order valence-corrected chi connectivity index (χ2v) is 9.19. The van der Waals surface area contributed by atoms with E-state index in [1.165, 1.54) is 59.4 Å². The van der Waals surface area contributed by atoms with Crippen LogP contribution in [0.5, 0.6) is 0 Å². The van der Waals surface area contributed by atoms with Gasteiger partial charge >= 0.3 is 0 Å². The summed E-state index contributed by atoms with van der Waals surface area (Å²) in [5.74, 6) is -1.57. The monoisotopic (exact) mass is 486 g/mol. The SMILES string of the molecule is Cn1cnc2cc(C(=O)Nc3ccc(F)c(S(=O)(=O)Nc4ccc(Cl)cc4)c3)ccc2c1=O. The van der Waals surface area contributed by atoms with Gasteiger partial charge in [0.05, 0.1) is 17.2 Å². The van der Waals surface area contributed by atoms with Gasteiger partial charge in [-0.05, 0) is 60.7 Å². The fraction of sp³-hybridized carbons (Fsp3) is 0.0455. The average Bonchev–Trinajstić information content (AvgIpc) is 2.78. The zero-order valence-electron chi connectivity index (χ0n) is 17.0. The van der Waals surface area contributed by atoms with Crippen molar-refractivity contribution < 1.29 is 17.6 Å². The van der Waals surface area contributed by atoms with Gasteiger partial charge in [0.1, 0.15) is 10.7 Å². The van der Waals surface area contributed by atoms with E-state index in [9.17, 15) is 22.4 Å². The Labute approximate surface area is 192 Å². The Morgan fingerprint density at radius 1 is 1.03 bits per heavy atom. The molecule has 0 saturated carbocycles. The molecule has 168 valence electrons. The minimum Gasteiger partial charge on any atom is -0.322 e. The number of sulfonamides is 1.